The lowest BCUT2D eigenvalue weighted by Gasteiger charge is -2.18. The van der Waals surface area contributed by atoms with Crippen molar-refractivity contribution >= 4 is 17.9 Å². The lowest BCUT2D eigenvalue weighted by atomic mass is 10.0. The molecule has 6 heteroatoms. The molecule has 1 atom stereocenters. The number of carbonyl (C=O) groups excluding carboxylic acids is 3. The Morgan fingerprint density at radius 1 is 0.323 bits per heavy atom. The zero-order valence-electron chi connectivity index (χ0n) is 41.7. The molecule has 0 N–H and O–H groups in total. The van der Waals surface area contributed by atoms with E-state index < -0.39 is 6.10 Å². The Kier molecular flexibility index (Phi) is 49.1. The molecule has 0 aromatic heterocycles. The zero-order valence-corrected chi connectivity index (χ0v) is 41.7. The van der Waals surface area contributed by atoms with Crippen molar-refractivity contribution in [2.24, 2.45) is 0 Å². The van der Waals surface area contributed by atoms with Gasteiger partial charge in [0.25, 0.3) is 0 Å². The second kappa shape index (κ2) is 52.4. The van der Waals surface area contributed by atoms with Crippen LogP contribution in [0.4, 0.5) is 0 Å². The maximum Gasteiger partial charge on any atom is 0.306 e. The smallest absolute Gasteiger partial charge is 0.306 e. The molecular formula is C59H94O6. The van der Waals surface area contributed by atoms with Crippen LogP contribution >= 0.6 is 0 Å². The van der Waals surface area contributed by atoms with Crippen molar-refractivity contribution in [2.75, 3.05) is 13.2 Å². The lowest BCUT2D eigenvalue weighted by Crippen LogP contribution is -2.30. The standard InChI is InChI=1S/C59H94O6/c1-4-7-10-13-16-19-22-25-28-29-32-34-37-40-43-46-49-52-58(61)64-55-56(65-59(62)53-50-47-44-41-38-35-31-27-24-21-18-15-12-9-6-3)54-63-57(60)51-48-45-42-39-36-33-30-26-23-20-17-14-11-8-5-2/h7,9-10,12-13,15-16,18-19,21-22,24-25,27-29,31-32,34,37,56H,4-6,8,11,14,17,20,23,26,30,33,35-36,38-55H2,1-3H3/b10-7-,12-9-,16-13-,18-15-,22-19-,24-21-,28-25-,31-27-,32-29+,37-34-. The van der Waals surface area contributed by atoms with Crippen LogP contribution in [0.25, 0.3) is 0 Å². The SMILES string of the molecule is CC\C=C/C=C\C=C/C=C\C=C\C=C/CCCCCC(=O)OCC(COC(=O)CCCCCCCCCCCCCCCCC)OC(=O)CCCCCCC\C=C/C=C\C=C/C=C\CC. The van der Waals surface area contributed by atoms with Crippen LogP contribution in [0.3, 0.4) is 0 Å². The Bertz CT molecular complexity index is 1400. The molecule has 1 unspecified atom stereocenters. The van der Waals surface area contributed by atoms with Crippen molar-refractivity contribution in [1.29, 1.82) is 0 Å². The van der Waals surface area contributed by atoms with Gasteiger partial charge >= 0.3 is 17.9 Å². The number of hydrogen-bond donors (Lipinski definition) is 0. The lowest BCUT2D eigenvalue weighted by molar-refractivity contribution is -0.167. The number of allylic oxidation sites excluding steroid dienone is 20. The molecule has 0 aliphatic heterocycles. The van der Waals surface area contributed by atoms with Crippen LogP contribution in [0.5, 0.6) is 0 Å². The van der Waals surface area contributed by atoms with Crippen LogP contribution in [-0.4, -0.2) is 37.2 Å². The van der Waals surface area contributed by atoms with Gasteiger partial charge in [-0.05, 0) is 57.8 Å². The quantitative estimate of drug-likeness (QED) is 0.0262. The summed E-state index contributed by atoms with van der Waals surface area (Å²) in [5, 5.41) is 0. The largest absolute Gasteiger partial charge is 0.462 e. The Hall–Kier alpha value is -4.19. The first kappa shape index (κ1) is 60.8. The Balaban J connectivity index is 4.53. The second-order valence-electron chi connectivity index (χ2n) is 16.9. The Morgan fingerprint density at radius 2 is 0.600 bits per heavy atom. The monoisotopic (exact) mass is 899 g/mol. The molecule has 0 spiro atoms. The molecule has 0 rings (SSSR count). The topological polar surface area (TPSA) is 78.9 Å². The summed E-state index contributed by atoms with van der Waals surface area (Å²) in [5.41, 5.74) is 0. The van der Waals surface area contributed by atoms with Crippen molar-refractivity contribution in [3.05, 3.63) is 122 Å². The van der Waals surface area contributed by atoms with Gasteiger partial charge in [-0.25, -0.2) is 0 Å². The molecule has 0 bridgehead atoms. The summed E-state index contributed by atoms with van der Waals surface area (Å²) in [6.45, 7) is 6.29. The van der Waals surface area contributed by atoms with Gasteiger partial charge in [0.05, 0.1) is 0 Å². The van der Waals surface area contributed by atoms with Gasteiger partial charge in [0.1, 0.15) is 13.2 Å². The minimum absolute atomic E-state index is 0.104. The first-order valence-electron chi connectivity index (χ1n) is 26.2. The Labute approximate surface area is 399 Å². The van der Waals surface area contributed by atoms with E-state index in [1.807, 2.05) is 85.1 Å². The molecule has 0 aromatic carbocycles. The van der Waals surface area contributed by atoms with Gasteiger partial charge in [-0.15, -0.1) is 0 Å². The van der Waals surface area contributed by atoms with Crippen molar-refractivity contribution in [3.63, 3.8) is 0 Å². The molecule has 0 saturated heterocycles. The highest BCUT2D eigenvalue weighted by molar-refractivity contribution is 5.71. The summed E-state index contributed by atoms with van der Waals surface area (Å²) >= 11 is 0. The molecule has 0 amide bonds. The van der Waals surface area contributed by atoms with Gasteiger partial charge in [-0.1, -0.05) is 258 Å². The van der Waals surface area contributed by atoms with Crippen LogP contribution in [0, 0.1) is 0 Å². The molecule has 6 nitrogen and oxygen atoms in total. The third-order valence-corrected chi connectivity index (χ3v) is 10.7. The number of unbranched alkanes of at least 4 members (excludes halogenated alkanes) is 22. The number of ether oxygens (including phenoxy) is 3. The minimum Gasteiger partial charge on any atom is -0.462 e. The summed E-state index contributed by atoms with van der Waals surface area (Å²) in [5.74, 6) is -0.977. The van der Waals surface area contributed by atoms with Gasteiger partial charge < -0.3 is 14.2 Å². The first-order valence-corrected chi connectivity index (χ1v) is 26.2. The maximum atomic E-state index is 12.8. The second-order valence-corrected chi connectivity index (χ2v) is 16.9. The van der Waals surface area contributed by atoms with Crippen LogP contribution in [0.2, 0.25) is 0 Å². The number of hydrogen-bond acceptors (Lipinski definition) is 6. The van der Waals surface area contributed by atoms with Gasteiger partial charge in [0.2, 0.25) is 0 Å². The van der Waals surface area contributed by atoms with E-state index >= 15 is 0 Å². The van der Waals surface area contributed by atoms with Crippen molar-refractivity contribution in [2.45, 2.75) is 219 Å². The molecule has 0 aromatic rings. The highest BCUT2D eigenvalue weighted by Gasteiger charge is 2.19. The van der Waals surface area contributed by atoms with E-state index in [-0.39, 0.29) is 37.5 Å². The molecule has 0 aliphatic carbocycles. The fraction of sp³-hybridized carbons (Fsp3) is 0.610. The van der Waals surface area contributed by atoms with E-state index in [2.05, 4.69) is 57.2 Å². The van der Waals surface area contributed by atoms with Crippen LogP contribution in [0.1, 0.15) is 213 Å². The summed E-state index contributed by atoms with van der Waals surface area (Å²) in [6.07, 6.45) is 71.7. The van der Waals surface area contributed by atoms with Crippen LogP contribution < -0.4 is 0 Å². The third-order valence-electron chi connectivity index (χ3n) is 10.7. The molecule has 0 saturated carbocycles. The van der Waals surface area contributed by atoms with E-state index in [1.165, 1.54) is 77.0 Å². The van der Waals surface area contributed by atoms with Gasteiger partial charge in [-0.3, -0.25) is 14.4 Å². The maximum absolute atomic E-state index is 12.8. The molecule has 366 valence electrons. The molecule has 0 aliphatic rings. The molecular weight excluding hydrogens is 805 g/mol. The summed E-state index contributed by atoms with van der Waals surface area (Å²) in [6, 6.07) is 0. The summed E-state index contributed by atoms with van der Waals surface area (Å²) < 4.78 is 16.8. The van der Waals surface area contributed by atoms with E-state index in [0.717, 1.165) is 96.3 Å². The van der Waals surface area contributed by atoms with E-state index in [0.29, 0.717) is 12.8 Å². The fourth-order valence-electron chi connectivity index (χ4n) is 6.84. The predicted octanol–water partition coefficient (Wildman–Crippen LogP) is 17.3. The first-order chi connectivity index (χ1) is 32.0. The fourth-order valence-corrected chi connectivity index (χ4v) is 6.84. The summed E-state index contributed by atoms with van der Waals surface area (Å²) in [7, 11) is 0. The van der Waals surface area contributed by atoms with E-state index in [4.69, 9.17) is 14.2 Å². The average Bonchev–Trinajstić information content (AvgIpc) is 3.30. The van der Waals surface area contributed by atoms with Gasteiger partial charge in [0.15, 0.2) is 6.10 Å². The predicted molar refractivity (Wildman–Crippen MR) is 279 cm³/mol. The third kappa shape index (κ3) is 50.7. The van der Waals surface area contributed by atoms with Gasteiger partial charge in [0, 0.05) is 19.3 Å². The van der Waals surface area contributed by atoms with Crippen molar-refractivity contribution in [1.82, 2.24) is 0 Å². The summed E-state index contributed by atoms with van der Waals surface area (Å²) in [4.78, 5) is 38.0. The minimum atomic E-state index is -0.811. The van der Waals surface area contributed by atoms with Crippen LogP contribution in [-0.2, 0) is 28.6 Å². The molecule has 0 heterocycles. The number of rotatable bonds is 45. The van der Waals surface area contributed by atoms with E-state index in [1.54, 1.807) is 0 Å². The highest BCUT2D eigenvalue weighted by Crippen LogP contribution is 2.15. The number of carbonyl (C=O) groups is 3. The van der Waals surface area contributed by atoms with Crippen LogP contribution in [0.15, 0.2) is 122 Å². The average molecular weight is 899 g/mol. The van der Waals surface area contributed by atoms with Crippen molar-refractivity contribution < 1.29 is 28.6 Å². The van der Waals surface area contributed by atoms with Crippen molar-refractivity contribution in [3.8, 4) is 0 Å². The normalized spacial score (nSPS) is 13.1. The molecule has 65 heavy (non-hydrogen) atoms. The molecule has 0 fully saturated rings. The highest BCUT2D eigenvalue weighted by atomic mass is 16.6. The zero-order chi connectivity index (χ0) is 47.2. The molecule has 0 radical (unpaired) electrons. The van der Waals surface area contributed by atoms with E-state index in [9.17, 15) is 14.4 Å². The number of esters is 3. The van der Waals surface area contributed by atoms with Gasteiger partial charge in [-0.2, -0.15) is 0 Å². The Morgan fingerprint density at radius 3 is 0.954 bits per heavy atom.